The highest BCUT2D eigenvalue weighted by Gasteiger charge is 2.08. The van der Waals surface area contributed by atoms with E-state index in [-0.39, 0.29) is 6.54 Å². The van der Waals surface area contributed by atoms with E-state index in [0.29, 0.717) is 0 Å². The summed E-state index contributed by atoms with van der Waals surface area (Å²) in [6.07, 6.45) is -0.703. The van der Waals surface area contributed by atoms with Crippen molar-refractivity contribution in [2.75, 3.05) is 6.54 Å². The third-order valence-electron chi connectivity index (χ3n) is 2.11. The predicted octanol–water partition coefficient (Wildman–Crippen LogP) is 2.65. The maximum atomic E-state index is 9.69. The monoisotopic (exact) mass is 191 g/mol. The summed E-state index contributed by atoms with van der Waals surface area (Å²) in [6.45, 7) is 3.97. The van der Waals surface area contributed by atoms with Gasteiger partial charge in [-0.25, -0.2) is 0 Å². The average molecular weight is 191 g/mol. The Balaban J connectivity index is 2.93. The van der Waals surface area contributed by atoms with Gasteiger partial charge in [-0.2, -0.15) is 0 Å². The molecule has 0 saturated heterocycles. The van der Waals surface area contributed by atoms with E-state index in [1.54, 1.807) is 0 Å². The van der Waals surface area contributed by atoms with Crippen molar-refractivity contribution < 1.29 is 5.11 Å². The Hall–Kier alpha value is -1.51. The Morgan fingerprint density at radius 2 is 2.21 bits per heavy atom. The molecule has 0 spiro atoms. The van der Waals surface area contributed by atoms with Crippen molar-refractivity contribution in [2.24, 2.45) is 5.11 Å². The van der Waals surface area contributed by atoms with Gasteiger partial charge in [0, 0.05) is 4.91 Å². The maximum Gasteiger partial charge on any atom is 0.0849 e. The van der Waals surface area contributed by atoms with Gasteiger partial charge in [0.1, 0.15) is 0 Å². The van der Waals surface area contributed by atoms with E-state index in [1.165, 1.54) is 0 Å². The molecule has 74 valence electrons. The molecule has 1 N–H and O–H groups in total. The first-order chi connectivity index (χ1) is 6.65. The molecule has 1 aromatic carbocycles. The number of hydrogen-bond donors (Lipinski definition) is 1. The zero-order valence-corrected chi connectivity index (χ0v) is 8.31. The van der Waals surface area contributed by atoms with Crippen molar-refractivity contribution in [2.45, 2.75) is 20.0 Å². The molecule has 0 amide bonds. The van der Waals surface area contributed by atoms with E-state index >= 15 is 0 Å². The van der Waals surface area contributed by atoms with Crippen LogP contribution in [-0.4, -0.2) is 11.7 Å². The largest absolute Gasteiger partial charge is 0.388 e. The topological polar surface area (TPSA) is 69.0 Å². The third-order valence-corrected chi connectivity index (χ3v) is 2.11. The van der Waals surface area contributed by atoms with E-state index in [9.17, 15) is 5.11 Å². The van der Waals surface area contributed by atoms with Gasteiger partial charge in [-0.05, 0) is 30.5 Å². The molecule has 0 heterocycles. The number of benzene rings is 1. The van der Waals surface area contributed by atoms with E-state index in [0.717, 1.165) is 16.7 Å². The van der Waals surface area contributed by atoms with Crippen molar-refractivity contribution in [3.63, 3.8) is 0 Å². The molecule has 0 aliphatic carbocycles. The van der Waals surface area contributed by atoms with Crippen molar-refractivity contribution in [1.29, 1.82) is 0 Å². The summed E-state index contributed by atoms with van der Waals surface area (Å²) in [7, 11) is 0. The predicted molar refractivity (Wildman–Crippen MR) is 54.9 cm³/mol. The SMILES string of the molecule is Cc1ccc(C)c([C@@H](O)CN=[N+]=[N-])c1. The Kier molecular flexibility index (Phi) is 3.51. The summed E-state index contributed by atoms with van der Waals surface area (Å²) >= 11 is 0. The van der Waals surface area contributed by atoms with Crippen LogP contribution in [0.1, 0.15) is 22.8 Å². The number of rotatable bonds is 3. The molecule has 0 unspecified atom stereocenters. The highest BCUT2D eigenvalue weighted by molar-refractivity contribution is 5.32. The molecule has 0 bridgehead atoms. The smallest absolute Gasteiger partial charge is 0.0849 e. The number of azide groups is 1. The van der Waals surface area contributed by atoms with Gasteiger partial charge < -0.3 is 5.11 Å². The van der Waals surface area contributed by atoms with E-state index in [2.05, 4.69) is 10.0 Å². The Bertz CT molecular complexity index is 370. The minimum atomic E-state index is -0.703. The van der Waals surface area contributed by atoms with Crippen molar-refractivity contribution in [3.05, 3.63) is 45.3 Å². The van der Waals surface area contributed by atoms with Crippen LogP contribution >= 0.6 is 0 Å². The molecule has 0 saturated carbocycles. The number of aryl methyl sites for hydroxylation is 2. The molecule has 0 radical (unpaired) electrons. The second kappa shape index (κ2) is 4.65. The lowest BCUT2D eigenvalue weighted by Crippen LogP contribution is -2.03. The number of nitrogens with zero attached hydrogens (tertiary/aromatic N) is 3. The summed E-state index contributed by atoms with van der Waals surface area (Å²) in [5.41, 5.74) is 11.1. The van der Waals surface area contributed by atoms with Crippen LogP contribution < -0.4 is 0 Å². The zero-order chi connectivity index (χ0) is 10.6. The molecule has 0 aliphatic heterocycles. The Labute approximate surface area is 82.8 Å². The number of hydrogen-bond acceptors (Lipinski definition) is 2. The van der Waals surface area contributed by atoms with Crippen LogP contribution in [0.25, 0.3) is 10.4 Å². The highest BCUT2D eigenvalue weighted by Crippen LogP contribution is 2.19. The summed E-state index contributed by atoms with van der Waals surface area (Å²) in [5, 5.41) is 13.0. The summed E-state index contributed by atoms with van der Waals surface area (Å²) in [4.78, 5) is 2.62. The second-order valence-corrected chi connectivity index (χ2v) is 3.29. The van der Waals surface area contributed by atoms with E-state index in [1.807, 2.05) is 32.0 Å². The Morgan fingerprint density at radius 1 is 1.50 bits per heavy atom. The molecule has 0 aromatic heterocycles. The first-order valence-electron chi connectivity index (χ1n) is 4.41. The minimum absolute atomic E-state index is 0.0841. The molecular weight excluding hydrogens is 178 g/mol. The molecule has 1 rings (SSSR count). The van der Waals surface area contributed by atoms with Crippen LogP contribution in [0.15, 0.2) is 23.3 Å². The van der Waals surface area contributed by atoms with Crippen molar-refractivity contribution in [3.8, 4) is 0 Å². The van der Waals surface area contributed by atoms with E-state index < -0.39 is 6.10 Å². The molecule has 1 aromatic rings. The highest BCUT2D eigenvalue weighted by atomic mass is 16.3. The normalized spacial score (nSPS) is 11.9. The van der Waals surface area contributed by atoms with Gasteiger partial charge in [-0.3, -0.25) is 0 Å². The lowest BCUT2D eigenvalue weighted by atomic mass is 10.0. The fourth-order valence-corrected chi connectivity index (χ4v) is 1.33. The van der Waals surface area contributed by atoms with Gasteiger partial charge >= 0.3 is 0 Å². The van der Waals surface area contributed by atoms with Crippen LogP contribution in [0, 0.1) is 13.8 Å². The summed E-state index contributed by atoms with van der Waals surface area (Å²) < 4.78 is 0. The fraction of sp³-hybridized carbons (Fsp3) is 0.400. The van der Waals surface area contributed by atoms with Crippen LogP contribution in [0.5, 0.6) is 0 Å². The molecule has 4 nitrogen and oxygen atoms in total. The molecule has 0 fully saturated rings. The number of aliphatic hydroxyl groups excluding tert-OH is 1. The van der Waals surface area contributed by atoms with Crippen molar-refractivity contribution >= 4 is 0 Å². The first kappa shape index (κ1) is 10.6. The quantitative estimate of drug-likeness (QED) is 0.445. The first-order valence-corrected chi connectivity index (χ1v) is 4.41. The lowest BCUT2D eigenvalue weighted by Gasteiger charge is -2.11. The van der Waals surface area contributed by atoms with Gasteiger partial charge in [-0.15, -0.1) is 0 Å². The zero-order valence-electron chi connectivity index (χ0n) is 8.31. The van der Waals surface area contributed by atoms with Crippen LogP contribution in [0.4, 0.5) is 0 Å². The molecule has 0 aliphatic rings. The molecule has 4 heteroatoms. The third kappa shape index (κ3) is 2.49. The fourth-order valence-electron chi connectivity index (χ4n) is 1.33. The average Bonchev–Trinajstić information content (AvgIpc) is 2.18. The lowest BCUT2D eigenvalue weighted by molar-refractivity contribution is 0.186. The van der Waals surface area contributed by atoms with Gasteiger partial charge in [-0.1, -0.05) is 28.9 Å². The number of aliphatic hydroxyl groups is 1. The molecule has 1 atom stereocenters. The van der Waals surface area contributed by atoms with Crippen LogP contribution in [-0.2, 0) is 0 Å². The maximum absolute atomic E-state index is 9.69. The van der Waals surface area contributed by atoms with Crippen molar-refractivity contribution in [1.82, 2.24) is 0 Å². The van der Waals surface area contributed by atoms with E-state index in [4.69, 9.17) is 5.53 Å². The second-order valence-electron chi connectivity index (χ2n) is 3.29. The van der Waals surface area contributed by atoms with Crippen LogP contribution in [0.3, 0.4) is 0 Å². The van der Waals surface area contributed by atoms with Gasteiger partial charge in [0.15, 0.2) is 0 Å². The van der Waals surface area contributed by atoms with Gasteiger partial charge in [0.25, 0.3) is 0 Å². The minimum Gasteiger partial charge on any atom is -0.388 e. The standard InChI is InChI=1S/C10H13N3O/c1-7-3-4-8(2)9(5-7)10(14)6-12-13-11/h3-5,10,14H,6H2,1-2H3/t10-/m0/s1. The van der Waals surface area contributed by atoms with Crippen LogP contribution in [0.2, 0.25) is 0 Å². The molecular formula is C10H13N3O. The van der Waals surface area contributed by atoms with Gasteiger partial charge in [0.05, 0.1) is 12.6 Å². The molecule has 14 heavy (non-hydrogen) atoms. The van der Waals surface area contributed by atoms with Gasteiger partial charge in [0.2, 0.25) is 0 Å². The Morgan fingerprint density at radius 3 is 2.86 bits per heavy atom. The summed E-state index contributed by atoms with van der Waals surface area (Å²) in [5.74, 6) is 0. The summed E-state index contributed by atoms with van der Waals surface area (Å²) in [6, 6.07) is 5.84.